The molecule has 0 aromatic rings. The first-order valence-electron chi connectivity index (χ1n) is 20.5. The molecule has 7 aliphatic rings. The lowest BCUT2D eigenvalue weighted by Gasteiger charge is -2.61. The number of hydrogen-bond donors (Lipinski definition) is 2. The largest absolute Gasteiger partial charge is 0.458 e. The molecule has 2 N–H and O–H groups in total. The Labute approximate surface area is 324 Å². The van der Waals surface area contributed by atoms with Crippen molar-refractivity contribution in [2.45, 2.75) is 192 Å². The van der Waals surface area contributed by atoms with Gasteiger partial charge in [-0.3, -0.25) is 14.4 Å². The Bertz CT molecular complexity index is 1470. The molecule has 0 aromatic carbocycles. The number of Topliss-reactive ketones (excluding diaryl/α,β-unsaturated/α-hetero) is 1. The Morgan fingerprint density at radius 2 is 1.53 bits per heavy atom. The fourth-order valence-electron chi connectivity index (χ4n) is 12.6. The van der Waals surface area contributed by atoms with Gasteiger partial charge in [0.2, 0.25) is 0 Å². The minimum atomic E-state index is -1.21. The minimum Gasteiger partial charge on any atom is -0.458 e. The Morgan fingerprint density at radius 3 is 2.16 bits per heavy atom. The standard InChI is InChI=1S/C41H64O14/c1-19(2)36(46)53-33-34-38(7)14-12-25(52-28-18-27(47-9)31(22(5)49-28)54-37-30(45)32(48-10)29(44)21(4)50-37)17-24(38)11-15-40(34)41(55-40)16-13-26(20(3)42)39(41,8)35(33)51-23(6)43/h19,21-22,24-35,37,44-45H,11-18H2,1-10H3/t21?,22?,24-,25?,26?,27?,28?,29?,30?,31?,32?,33?,34+,35?,37?,38+,39+,40?,41-/m1/s1. The summed E-state index contributed by atoms with van der Waals surface area (Å²) in [6.07, 6.45) is -2.85. The van der Waals surface area contributed by atoms with Crippen molar-refractivity contribution in [3.05, 3.63) is 0 Å². The van der Waals surface area contributed by atoms with Crippen molar-refractivity contribution in [2.24, 2.45) is 34.5 Å². The molecule has 4 aliphatic carbocycles. The number of rotatable bonds is 10. The summed E-state index contributed by atoms with van der Waals surface area (Å²) in [5, 5.41) is 21.3. The van der Waals surface area contributed by atoms with Crippen molar-refractivity contribution in [1.82, 2.24) is 0 Å². The molecule has 55 heavy (non-hydrogen) atoms. The Balaban J connectivity index is 1.09. The number of methoxy groups -OCH3 is 2. The molecule has 7 fully saturated rings. The van der Waals surface area contributed by atoms with Crippen LogP contribution in [-0.4, -0.2) is 127 Å². The molecule has 14 nitrogen and oxygen atoms in total. The highest BCUT2D eigenvalue weighted by Gasteiger charge is 2.91. The molecular weight excluding hydrogens is 716 g/mol. The van der Waals surface area contributed by atoms with Gasteiger partial charge in [-0.25, -0.2) is 0 Å². The quantitative estimate of drug-likeness (QED) is 0.187. The third-order valence-corrected chi connectivity index (χ3v) is 15.3. The molecule has 4 saturated carbocycles. The predicted molar refractivity (Wildman–Crippen MR) is 193 cm³/mol. The Hall–Kier alpha value is -1.75. The second-order valence-electron chi connectivity index (χ2n) is 18.4. The van der Waals surface area contributed by atoms with E-state index in [0.717, 1.165) is 32.1 Å². The van der Waals surface area contributed by atoms with Crippen LogP contribution in [-0.2, 0) is 57.0 Å². The number of aliphatic hydroxyl groups is 2. The van der Waals surface area contributed by atoms with E-state index >= 15 is 0 Å². The molecule has 14 heteroatoms. The van der Waals surface area contributed by atoms with Crippen molar-refractivity contribution in [1.29, 1.82) is 0 Å². The molecule has 2 spiro atoms. The Morgan fingerprint density at radius 1 is 0.800 bits per heavy atom. The molecule has 0 amide bonds. The molecule has 3 aliphatic heterocycles. The van der Waals surface area contributed by atoms with E-state index in [1.807, 2.05) is 13.8 Å². The van der Waals surface area contributed by atoms with Gasteiger partial charge in [0, 0.05) is 44.8 Å². The van der Waals surface area contributed by atoms with Crippen LogP contribution < -0.4 is 0 Å². The molecule has 312 valence electrons. The van der Waals surface area contributed by atoms with Crippen LogP contribution in [0.1, 0.15) is 107 Å². The average molecular weight is 781 g/mol. The van der Waals surface area contributed by atoms with Crippen LogP contribution in [0.4, 0.5) is 0 Å². The number of carbonyl (C=O) groups is 3. The van der Waals surface area contributed by atoms with Crippen LogP contribution in [0.25, 0.3) is 0 Å². The van der Waals surface area contributed by atoms with Crippen molar-refractivity contribution in [3.8, 4) is 0 Å². The van der Waals surface area contributed by atoms with E-state index in [0.29, 0.717) is 19.3 Å². The van der Waals surface area contributed by atoms with E-state index in [1.165, 1.54) is 14.0 Å². The lowest BCUT2D eigenvalue weighted by atomic mass is 9.43. The van der Waals surface area contributed by atoms with Gasteiger partial charge in [-0.2, -0.15) is 0 Å². The highest BCUT2D eigenvalue weighted by atomic mass is 16.7. The normalized spacial score (nSPS) is 51.6. The second-order valence-corrected chi connectivity index (χ2v) is 18.4. The first-order chi connectivity index (χ1) is 25.9. The molecule has 14 unspecified atom stereocenters. The van der Waals surface area contributed by atoms with E-state index in [9.17, 15) is 24.6 Å². The number of ether oxygens (including phenoxy) is 9. The molecule has 0 aromatic heterocycles. The molecule has 0 bridgehead atoms. The number of esters is 2. The summed E-state index contributed by atoms with van der Waals surface area (Å²) in [5.41, 5.74) is -2.42. The Kier molecular flexibility index (Phi) is 11.2. The van der Waals surface area contributed by atoms with Crippen molar-refractivity contribution < 1.29 is 67.2 Å². The first-order valence-corrected chi connectivity index (χ1v) is 20.5. The van der Waals surface area contributed by atoms with E-state index in [4.69, 9.17) is 42.6 Å². The lowest BCUT2D eigenvalue weighted by molar-refractivity contribution is -0.343. The van der Waals surface area contributed by atoms with Crippen molar-refractivity contribution in [3.63, 3.8) is 0 Å². The van der Waals surface area contributed by atoms with E-state index in [-0.39, 0.29) is 41.0 Å². The topological polar surface area (TPSA) is 178 Å². The van der Waals surface area contributed by atoms with Crippen LogP contribution >= 0.6 is 0 Å². The van der Waals surface area contributed by atoms with Crippen LogP contribution in [0.2, 0.25) is 0 Å². The smallest absolute Gasteiger partial charge is 0.308 e. The van der Waals surface area contributed by atoms with E-state index in [1.54, 1.807) is 34.8 Å². The molecule has 7 rings (SSSR count). The lowest BCUT2D eigenvalue weighted by Crippen LogP contribution is -2.70. The molecule has 3 saturated heterocycles. The first kappa shape index (κ1) is 41.4. The van der Waals surface area contributed by atoms with Gasteiger partial charge in [-0.1, -0.05) is 27.7 Å². The maximum absolute atomic E-state index is 13.5. The predicted octanol–water partition coefficient (Wildman–Crippen LogP) is 3.63. The van der Waals surface area contributed by atoms with Gasteiger partial charge < -0.3 is 52.8 Å². The minimum absolute atomic E-state index is 0.0362. The van der Waals surface area contributed by atoms with Crippen LogP contribution in [0, 0.1) is 34.5 Å². The maximum atomic E-state index is 13.5. The summed E-state index contributed by atoms with van der Waals surface area (Å²) >= 11 is 0. The maximum Gasteiger partial charge on any atom is 0.308 e. The number of carbonyl (C=O) groups excluding carboxylic acids is 3. The van der Waals surface area contributed by atoms with E-state index < -0.39 is 96.0 Å². The van der Waals surface area contributed by atoms with Crippen LogP contribution in [0.3, 0.4) is 0 Å². The van der Waals surface area contributed by atoms with Crippen LogP contribution in [0.5, 0.6) is 0 Å². The third-order valence-electron chi connectivity index (χ3n) is 15.3. The summed E-state index contributed by atoms with van der Waals surface area (Å²) in [6.45, 7) is 14.5. The number of aliphatic hydroxyl groups excluding tert-OH is 2. The third kappa shape index (κ3) is 6.34. The monoisotopic (exact) mass is 780 g/mol. The van der Waals surface area contributed by atoms with Gasteiger partial charge in [-0.15, -0.1) is 0 Å². The zero-order chi connectivity index (χ0) is 40.0. The van der Waals surface area contributed by atoms with Gasteiger partial charge in [0.15, 0.2) is 12.6 Å². The number of fused-ring (bicyclic) bond motifs is 2. The van der Waals surface area contributed by atoms with Gasteiger partial charge in [0.25, 0.3) is 0 Å². The fourth-order valence-corrected chi connectivity index (χ4v) is 12.6. The second kappa shape index (κ2) is 14.8. The molecular formula is C41H64O14. The summed E-state index contributed by atoms with van der Waals surface area (Å²) in [5.74, 6) is -1.62. The average Bonchev–Trinajstić information content (AvgIpc) is 3.67. The van der Waals surface area contributed by atoms with Gasteiger partial charge >= 0.3 is 11.9 Å². The number of ketones is 1. The number of hydrogen-bond acceptors (Lipinski definition) is 14. The SMILES string of the molecule is COC1CC(OC2CC[C@@]3(C)[C@H](CCC45O[C@@]46CCC(C(C)=O)[C@@]6(C)C(OC(C)=O)C(OC(=O)C(C)C)[C@H]53)C2)OC(C)C1OC1OC(C)C(O)C(OC)C1O. The molecule has 19 atom stereocenters. The molecule has 0 radical (unpaired) electrons. The highest BCUT2D eigenvalue weighted by Crippen LogP contribution is 2.81. The van der Waals surface area contributed by atoms with Gasteiger partial charge in [-0.05, 0) is 77.0 Å². The van der Waals surface area contributed by atoms with Crippen LogP contribution in [0.15, 0.2) is 0 Å². The summed E-state index contributed by atoms with van der Waals surface area (Å²) in [6, 6.07) is 0. The van der Waals surface area contributed by atoms with Crippen molar-refractivity contribution >= 4 is 17.7 Å². The fraction of sp³-hybridized carbons (Fsp3) is 0.927. The zero-order valence-corrected chi connectivity index (χ0v) is 34.2. The summed E-state index contributed by atoms with van der Waals surface area (Å²) in [4.78, 5) is 39.6. The molecule has 3 heterocycles. The zero-order valence-electron chi connectivity index (χ0n) is 34.2. The van der Waals surface area contributed by atoms with Gasteiger partial charge in [0.1, 0.15) is 53.6 Å². The highest BCUT2D eigenvalue weighted by molar-refractivity contribution is 5.81. The summed E-state index contributed by atoms with van der Waals surface area (Å²) in [7, 11) is 3.04. The van der Waals surface area contributed by atoms with E-state index in [2.05, 4.69) is 6.92 Å². The van der Waals surface area contributed by atoms with Crippen molar-refractivity contribution in [2.75, 3.05) is 14.2 Å². The van der Waals surface area contributed by atoms with Gasteiger partial charge in [0.05, 0.1) is 30.3 Å². The summed E-state index contributed by atoms with van der Waals surface area (Å²) < 4.78 is 56.3. The number of epoxide rings is 1.